The Morgan fingerprint density at radius 3 is 2.76 bits per heavy atom. The molecular weight excluding hydrogens is 375 g/mol. The molecule has 9 nitrogen and oxygen atoms in total. The number of rotatable bonds is 6. The SMILES string of the molecule is O=C1NCCCN1c1cc(Nc2cnccn2)nc(NCc2ccc(F)cc2)n1. The summed E-state index contributed by atoms with van der Waals surface area (Å²) in [5.74, 6) is 1.49. The minimum Gasteiger partial charge on any atom is -0.350 e. The average Bonchev–Trinajstić information content (AvgIpc) is 2.74. The van der Waals surface area contributed by atoms with E-state index < -0.39 is 0 Å². The van der Waals surface area contributed by atoms with Crippen LogP contribution in [0.15, 0.2) is 48.9 Å². The van der Waals surface area contributed by atoms with E-state index in [1.807, 2.05) is 0 Å². The van der Waals surface area contributed by atoms with E-state index in [1.165, 1.54) is 12.1 Å². The van der Waals surface area contributed by atoms with Gasteiger partial charge in [0.05, 0.1) is 6.20 Å². The van der Waals surface area contributed by atoms with Crippen molar-refractivity contribution in [2.75, 3.05) is 28.6 Å². The van der Waals surface area contributed by atoms with E-state index in [2.05, 4.69) is 35.9 Å². The van der Waals surface area contributed by atoms with Gasteiger partial charge in [-0.1, -0.05) is 12.1 Å². The van der Waals surface area contributed by atoms with Crippen molar-refractivity contribution in [2.24, 2.45) is 0 Å². The van der Waals surface area contributed by atoms with Crippen LogP contribution in [-0.2, 0) is 6.54 Å². The fraction of sp³-hybridized carbons (Fsp3) is 0.211. The molecule has 1 saturated heterocycles. The summed E-state index contributed by atoms with van der Waals surface area (Å²) in [7, 11) is 0. The van der Waals surface area contributed by atoms with E-state index in [0.29, 0.717) is 43.0 Å². The zero-order chi connectivity index (χ0) is 20.1. The summed E-state index contributed by atoms with van der Waals surface area (Å²) in [5, 5.41) is 9.00. The predicted molar refractivity (Wildman–Crippen MR) is 106 cm³/mol. The van der Waals surface area contributed by atoms with Crippen LogP contribution in [0.25, 0.3) is 0 Å². The van der Waals surface area contributed by atoms with Gasteiger partial charge in [0.25, 0.3) is 0 Å². The first-order valence-corrected chi connectivity index (χ1v) is 9.13. The highest BCUT2D eigenvalue weighted by Crippen LogP contribution is 2.22. The van der Waals surface area contributed by atoms with Crippen LogP contribution in [0.5, 0.6) is 0 Å². The summed E-state index contributed by atoms with van der Waals surface area (Å²) >= 11 is 0. The molecule has 0 bridgehead atoms. The number of hydrogen-bond donors (Lipinski definition) is 3. The number of hydrogen-bond acceptors (Lipinski definition) is 7. The highest BCUT2D eigenvalue weighted by molar-refractivity contribution is 5.92. The van der Waals surface area contributed by atoms with Gasteiger partial charge < -0.3 is 16.0 Å². The quantitative estimate of drug-likeness (QED) is 0.590. The van der Waals surface area contributed by atoms with Gasteiger partial charge in [-0.15, -0.1) is 0 Å². The summed E-state index contributed by atoms with van der Waals surface area (Å²) < 4.78 is 13.1. The lowest BCUT2D eigenvalue weighted by atomic mass is 10.2. The molecule has 0 radical (unpaired) electrons. The molecular formula is C19H19FN8O. The molecule has 1 aromatic carbocycles. The van der Waals surface area contributed by atoms with Crippen LogP contribution in [0.2, 0.25) is 0 Å². The molecule has 2 amide bonds. The van der Waals surface area contributed by atoms with E-state index in [0.717, 1.165) is 12.0 Å². The average molecular weight is 394 g/mol. The molecule has 148 valence electrons. The lowest BCUT2D eigenvalue weighted by Gasteiger charge is -2.27. The van der Waals surface area contributed by atoms with Gasteiger partial charge in [0, 0.05) is 38.1 Å². The Morgan fingerprint density at radius 1 is 1.14 bits per heavy atom. The number of urea groups is 1. The third-order valence-electron chi connectivity index (χ3n) is 4.25. The Balaban J connectivity index is 1.59. The molecule has 29 heavy (non-hydrogen) atoms. The summed E-state index contributed by atoms with van der Waals surface area (Å²) in [6.45, 7) is 1.60. The molecule has 1 aliphatic heterocycles. The highest BCUT2D eigenvalue weighted by atomic mass is 19.1. The van der Waals surface area contributed by atoms with E-state index in [9.17, 15) is 9.18 Å². The molecule has 2 aromatic heterocycles. The van der Waals surface area contributed by atoms with Crippen LogP contribution in [0.3, 0.4) is 0 Å². The van der Waals surface area contributed by atoms with E-state index in [-0.39, 0.29) is 11.8 Å². The number of aromatic nitrogens is 4. The van der Waals surface area contributed by atoms with Crippen LogP contribution in [0.1, 0.15) is 12.0 Å². The Bertz CT molecular complexity index is 983. The second kappa shape index (κ2) is 8.46. The van der Waals surface area contributed by atoms with Crippen molar-refractivity contribution in [1.82, 2.24) is 25.3 Å². The number of benzene rings is 1. The zero-order valence-corrected chi connectivity index (χ0v) is 15.5. The molecule has 4 rings (SSSR count). The molecule has 10 heteroatoms. The second-order valence-corrected chi connectivity index (χ2v) is 6.37. The summed E-state index contributed by atoms with van der Waals surface area (Å²) in [6, 6.07) is 7.64. The Kier molecular flexibility index (Phi) is 5.41. The molecule has 1 fully saturated rings. The first-order valence-electron chi connectivity index (χ1n) is 9.13. The lowest BCUT2D eigenvalue weighted by molar-refractivity contribution is 0.242. The number of anilines is 4. The standard InChI is InChI=1S/C19H19FN8O/c20-14-4-2-13(3-5-14)11-24-18-26-15(25-16-12-21-7-8-22-16)10-17(27-18)28-9-1-6-23-19(28)29/h2-5,7-8,10,12H,1,6,9,11H2,(H,23,29)(H2,22,24,25,26,27). The largest absolute Gasteiger partial charge is 0.350 e. The minimum atomic E-state index is -0.293. The number of carbonyl (C=O) groups excluding carboxylic acids is 1. The first-order chi connectivity index (χ1) is 14.2. The van der Waals surface area contributed by atoms with Gasteiger partial charge in [-0.2, -0.15) is 9.97 Å². The number of carbonyl (C=O) groups is 1. The van der Waals surface area contributed by atoms with Gasteiger partial charge >= 0.3 is 6.03 Å². The van der Waals surface area contributed by atoms with Crippen molar-refractivity contribution in [2.45, 2.75) is 13.0 Å². The van der Waals surface area contributed by atoms with Crippen molar-refractivity contribution in [3.63, 3.8) is 0 Å². The molecule has 0 unspecified atom stereocenters. The summed E-state index contributed by atoms with van der Waals surface area (Å²) in [5.41, 5.74) is 0.875. The molecule has 1 aliphatic rings. The maximum absolute atomic E-state index is 13.1. The topological polar surface area (TPSA) is 108 Å². The predicted octanol–water partition coefficient (Wildman–Crippen LogP) is 2.68. The number of halogens is 1. The normalized spacial score (nSPS) is 13.7. The minimum absolute atomic E-state index is 0.204. The molecule has 3 aromatic rings. The van der Waals surface area contributed by atoms with E-state index in [4.69, 9.17) is 0 Å². The fourth-order valence-electron chi connectivity index (χ4n) is 2.84. The van der Waals surface area contributed by atoms with Gasteiger partial charge in [0.15, 0.2) is 0 Å². The van der Waals surface area contributed by atoms with Crippen molar-refractivity contribution in [3.05, 3.63) is 60.3 Å². The fourth-order valence-corrected chi connectivity index (χ4v) is 2.84. The zero-order valence-electron chi connectivity index (χ0n) is 15.5. The molecule has 0 aliphatic carbocycles. The van der Waals surface area contributed by atoms with Crippen molar-refractivity contribution < 1.29 is 9.18 Å². The van der Waals surface area contributed by atoms with E-state index >= 15 is 0 Å². The van der Waals surface area contributed by atoms with Gasteiger partial charge in [-0.3, -0.25) is 9.88 Å². The van der Waals surface area contributed by atoms with Gasteiger partial charge in [0.2, 0.25) is 5.95 Å². The second-order valence-electron chi connectivity index (χ2n) is 6.37. The molecule has 3 N–H and O–H groups in total. The van der Waals surface area contributed by atoms with Crippen LogP contribution in [0, 0.1) is 5.82 Å². The smallest absolute Gasteiger partial charge is 0.323 e. The summed E-state index contributed by atoms with van der Waals surface area (Å²) in [6.07, 6.45) is 5.53. The number of amides is 2. The third-order valence-corrected chi connectivity index (χ3v) is 4.25. The van der Waals surface area contributed by atoms with Crippen molar-refractivity contribution >= 4 is 29.4 Å². The van der Waals surface area contributed by atoms with Gasteiger partial charge in [-0.25, -0.2) is 14.2 Å². The highest BCUT2D eigenvalue weighted by Gasteiger charge is 2.22. The van der Waals surface area contributed by atoms with Crippen LogP contribution < -0.4 is 20.9 Å². The monoisotopic (exact) mass is 394 g/mol. The molecule has 0 spiro atoms. The maximum Gasteiger partial charge on any atom is 0.323 e. The summed E-state index contributed by atoms with van der Waals surface area (Å²) in [4.78, 5) is 30.9. The Labute approximate surface area is 166 Å². The number of nitrogens with one attached hydrogen (secondary N) is 3. The van der Waals surface area contributed by atoms with Crippen LogP contribution in [0.4, 0.5) is 32.6 Å². The van der Waals surface area contributed by atoms with E-state index in [1.54, 1.807) is 41.7 Å². The maximum atomic E-state index is 13.1. The first kappa shape index (κ1) is 18.5. The molecule has 3 heterocycles. The van der Waals surface area contributed by atoms with Crippen molar-refractivity contribution in [3.8, 4) is 0 Å². The number of nitrogens with zero attached hydrogens (tertiary/aromatic N) is 5. The lowest BCUT2D eigenvalue weighted by Crippen LogP contribution is -2.47. The van der Waals surface area contributed by atoms with Gasteiger partial charge in [-0.05, 0) is 24.1 Å². The van der Waals surface area contributed by atoms with Crippen molar-refractivity contribution in [1.29, 1.82) is 0 Å². The molecule has 0 atom stereocenters. The Morgan fingerprint density at radius 2 is 2.00 bits per heavy atom. The molecule has 0 saturated carbocycles. The van der Waals surface area contributed by atoms with Crippen LogP contribution >= 0.6 is 0 Å². The Hall–Kier alpha value is -3.82. The van der Waals surface area contributed by atoms with Gasteiger partial charge in [0.1, 0.15) is 23.3 Å². The van der Waals surface area contributed by atoms with Crippen LogP contribution in [-0.4, -0.2) is 39.1 Å². The third kappa shape index (κ3) is 4.72.